The lowest BCUT2D eigenvalue weighted by Crippen LogP contribution is -2.23. The molecule has 0 saturated carbocycles. The Labute approximate surface area is 206 Å². The first-order chi connectivity index (χ1) is 16.5. The van der Waals surface area contributed by atoms with Gasteiger partial charge in [0, 0.05) is 24.4 Å². The number of hydrogen-bond donors (Lipinski definition) is 2. The number of carbonyl (C=O) groups is 2. The van der Waals surface area contributed by atoms with Crippen LogP contribution in [0, 0.1) is 5.41 Å². The molecule has 8 heteroatoms. The molecule has 0 unspecified atom stereocenters. The molecule has 2 N–H and O–H groups in total. The topological polar surface area (TPSA) is 115 Å². The summed E-state index contributed by atoms with van der Waals surface area (Å²) in [7, 11) is 1.55. The van der Waals surface area contributed by atoms with Crippen LogP contribution in [0.4, 0.5) is 0 Å². The monoisotopic (exact) mass is 487 g/mol. The zero-order valence-corrected chi connectivity index (χ0v) is 21.3. The summed E-state index contributed by atoms with van der Waals surface area (Å²) in [5.74, 6) is -0.853. The van der Waals surface area contributed by atoms with Crippen LogP contribution in [-0.2, 0) is 17.8 Å². The third-order valence-corrected chi connectivity index (χ3v) is 5.93. The number of methoxy groups -OCH3 is 1. The number of aromatic nitrogens is 1. The number of hydrogen-bond acceptors (Lipinski definition) is 5. The van der Waals surface area contributed by atoms with E-state index in [1.54, 1.807) is 25.5 Å². The van der Waals surface area contributed by atoms with Crippen molar-refractivity contribution in [3.8, 4) is 22.8 Å². The SMILES string of the molecule is CCC.COc1cc2c(cc1OCCCCCC(C)(C)C(=O)O)CCn1cc(C(=O)O)c(=O)cc1-2. The van der Waals surface area contributed by atoms with Gasteiger partial charge in [-0.1, -0.05) is 33.1 Å². The molecule has 1 aromatic carbocycles. The predicted molar refractivity (Wildman–Crippen MR) is 135 cm³/mol. The number of fused-ring (bicyclic) bond motifs is 3. The third kappa shape index (κ3) is 7.10. The van der Waals surface area contributed by atoms with Gasteiger partial charge in [-0.3, -0.25) is 9.59 Å². The van der Waals surface area contributed by atoms with Crippen LogP contribution in [0.5, 0.6) is 11.5 Å². The highest BCUT2D eigenvalue weighted by molar-refractivity contribution is 5.87. The number of carboxylic acid groups (broad SMARTS) is 2. The molecule has 0 atom stereocenters. The lowest BCUT2D eigenvalue weighted by atomic mass is 9.87. The number of ether oxygens (including phenoxy) is 2. The van der Waals surface area contributed by atoms with Crippen molar-refractivity contribution < 1.29 is 29.3 Å². The van der Waals surface area contributed by atoms with E-state index in [0.29, 0.717) is 43.2 Å². The van der Waals surface area contributed by atoms with Gasteiger partial charge in [0.2, 0.25) is 0 Å². The zero-order valence-electron chi connectivity index (χ0n) is 21.3. The molecule has 0 radical (unpaired) electrons. The summed E-state index contributed by atoms with van der Waals surface area (Å²) in [6, 6.07) is 5.10. The first kappa shape index (κ1) is 28.0. The molecule has 3 rings (SSSR count). The first-order valence-electron chi connectivity index (χ1n) is 12.1. The summed E-state index contributed by atoms with van der Waals surface area (Å²) in [6.07, 6.45) is 6.42. The number of aromatic carboxylic acids is 1. The molecule has 2 aromatic rings. The number of rotatable bonds is 10. The fourth-order valence-electron chi connectivity index (χ4n) is 3.85. The molecule has 192 valence electrons. The van der Waals surface area contributed by atoms with Gasteiger partial charge in [0.1, 0.15) is 5.56 Å². The molecule has 0 amide bonds. The Hall–Kier alpha value is -3.29. The largest absolute Gasteiger partial charge is 0.493 e. The summed E-state index contributed by atoms with van der Waals surface area (Å²) in [4.78, 5) is 34.6. The Morgan fingerprint density at radius 1 is 1.06 bits per heavy atom. The normalized spacial score (nSPS) is 12.0. The molecular formula is C27H37NO7. The van der Waals surface area contributed by atoms with E-state index < -0.39 is 22.8 Å². The smallest absolute Gasteiger partial charge is 0.341 e. The number of benzene rings is 1. The molecule has 0 spiro atoms. The zero-order chi connectivity index (χ0) is 26.2. The molecule has 0 aliphatic carbocycles. The van der Waals surface area contributed by atoms with Gasteiger partial charge >= 0.3 is 11.9 Å². The number of aliphatic carboxylic acids is 1. The standard InChI is InChI=1S/C24H29NO7.C3H8/c1-24(2,23(29)30)8-5-4-6-10-32-21-11-15-7-9-25-14-17(22(27)28)19(26)13-18(25)16(15)12-20(21)31-3;1-3-2/h11-14H,4-10H2,1-3H3,(H,27,28)(H,29,30);3H2,1-2H3. The fraction of sp³-hybridized carbons (Fsp3) is 0.519. The van der Waals surface area contributed by atoms with Gasteiger partial charge in [-0.25, -0.2) is 4.79 Å². The van der Waals surface area contributed by atoms with Crippen molar-refractivity contribution in [1.29, 1.82) is 0 Å². The predicted octanol–water partition coefficient (Wildman–Crippen LogP) is 5.24. The second-order valence-corrected chi connectivity index (χ2v) is 9.40. The number of pyridine rings is 1. The van der Waals surface area contributed by atoms with Crippen LogP contribution < -0.4 is 14.9 Å². The second kappa shape index (κ2) is 12.4. The molecule has 0 bridgehead atoms. The quantitative estimate of drug-likeness (QED) is 0.440. The van der Waals surface area contributed by atoms with Crippen molar-refractivity contribution in [2.24, 2.45) is 5.41 Å². The van der Waals surface area contributed by atoms with E-state index in [9.17, 15) is 24.6 Å². The fourth-order valence-corrected chi connectivity index (χ4v) is 3.85. The maximum atomic E-state index is 12.2. The average molecular weight is 488 g/mol. The molecule has 2 heterocycles. The van der Waals surface area contributed by atoms with Crippen molar-refractivity contribution >= 4 is 11.9 Å². The van der Waals surface area contributed by atoms with Crippen LogP contribution >= 0.6 is 0 Å². The van der Waals surface area contributed by atoms with Crippen molar-refractivity contribution in [1.82, 2.24) is 4.57 Å². The number of unbranched alkanes of at least 4 members (excludes halogenated alkanes) is 2. The Kier molecular flexibility index (Phi) is 9.92. The highest BCUT2D eigenvalue weighted by atomic mass is 16.5. The van der Waals surface area contributed by atoms with E-state index >= 15 is 0 Å². The van der Waals surface area contributed by atoms with Gasteiger partial charge in [-0.05, 0) is 50.8 Å². The second-order valence-electron chi connectivity index (χ2n) is 9.40. The van der Waals surface area contributed by atoms with Gasteiger partial charge in [0.15, 0.2) is 16.9 Å². The van der Waals surface area contributed by atoms with Crippen LogP contribution in [0.3, 0.4) is 0 Å². The van der Waals surface area contributed by atoms with E-state index in [1.807, 2.05) is 12.1 Å². The molecule has 8 nitrogen and oxygen atoms in total. The summed E-state index contributed by atoms with van der Waals surface area (Å²) in [5, 5.41) is 18.4. The Morgan fingerprint density at radius 3 is 2.34 bits per heavy atom. The van der Waals surface area contributed by atoms with Crippen molar-refractivity contribution in [2.45, 2.75) is 72.8 Å². The van der Waals surface area contributed by atoms with E-state index in [0.717, 1.165) is 30.4 Å². The maximum Gasteiger partial charge on any atom is 0.341 e. The van der Waals surface area contributed by atoms with Crippen LogP contribution in [0.25, 0.3) is 11.3 Å². The summed E-state index contributed by atoms with van der Waals surface area (Å²) >= 11 is 0. The maximum absolute atomic E-state index is 12.2. The molecule has 0 fully saturated rings. The molecule has 0 saturated heterocycles. The van der Waals surface area contributed by atoms with Crippen LogP contribution in [0.15, 0.2) is 29.2 Å². The molecule has 1 aliphatic rings. The van der Waals surface area contributed by atoms with Crippen molar-refractivity contribution in [3.05, 3.63) is 45.7 Å². The number of nitrogens with zero attached hydrogens (tertiary/aromatic N) is 1. The Balaban J connectivity index is 0.00000137. The average Bonchev–Trinajstić information content (AvgIpc) is 2.80. The van der Waals surface area contributed by atoms with Crippen molar-refractivity contribution in [3.63, 3.8) is 0 Å². The minimum absolute atomic E-state index is 0.240. The van der Waals surface area contributed by atoms with Crippen LogP contribution in [0.2, 0.25) is 0 Å². The molecular weight excluding hydrogens is 450 g/mol. The minimum atomic E-state index is -1.23. The van der Waals surface area contributed by atoms with Gasteiger partial charge in [0.25, 0.3) is 0 Å². The summed E-state index contributed by atoms with van der Waals surface area (Å²) in [6.45, 7) is 8.77. The van der Waals surface area contributed by atoms with Crippen LogP contribution in [0.1, 0.15) is 75.7 Å². The summed E-state index contributed by atoms with van der Waals surface area (Å²) in [5.41, 5.74) is 1.01. The number of carboxylic acids is 2. The molecule has 1 aliphatic heterocycles. The van der Waals surface area contributed by atoms with Gasteiger partial charge < -0.3 is 24.3 Å². The third-order valence-electron chi connectivity index (χ3n) is 5.93. The minimum Gasteiger partial charge on any atom is -0.493 e. The highest BCUT2D eigenvalue weighted by Gasteiger charge is 2.26. The Morgan fingerprint density at radius 2 is 1.74 bits per heavy atom. The Bertz CT molecular complexity index is 1100. The summed E-state index contributed by atoms with van der Waals surface area (Å²) < 4.78 is 13.2. The molecule has 35 heavy (non-hydrogen) atoms. The number of aryl methyl sites for hydroxylation is 2. The van der Waals surface area contributed by atoms with Crippen LogP contribution in [-0.4, -0.2) is 40.4 Å². The lowest BCUT2D eigenvalue weighted by molar-refractivity contribution is -0.147. The van der Waals surface area contributed by atoms with E-state index in [4.69, 9.17) is 9.47 Å². The first-order valence-corrected chi connectivity index (χ1v) is 12.1. The van der Waals surface area contributed by atoms with Gasteiger partial charge in [0.05, 0.1) is 24.8 Å². The lowest BCUT2D eigenvalue weighted by Gasteiger charge is -2.24. The van der Waals surface area contributed by atoms with E-state index in [-0.39, 0.29) is 5.56 Å². The van der Waals surface area contributed by atoms with E-state index in [1.165, 1.54) is 18.7 Å². The van der Waals surface area contributed by atoms with Crippen molar-refractivity contribution in [2.75, 3.05) is 13.7 Å². The van der Waals surface area contributed by atoms with Gasteiger partial charge in [-0.2, -0.15) is 0 Å². The van der Waals surface area contributed by atoms with Gasteiger partial charge in [-0.15, -0.1) is 0 Å². The van der Waals surface area contributed by atoms with E-state index in [2.05, 4.69) is 13.8 Å². The molecule has 1 aromatic heterocycles. The highest BCUT2D eigenvalue weighted by Crippen LogP contribution is 2.38.